The van der Waals surface area contributed by atoms with Crippen molar-refractivity contribution in [2.24, 2.45) is 5.92 Å². The van der Waals surface area contributed by atoms with Crippen LogP contribution in [0.1, 0.15) is 72.6 Å². The molecule has 3 N–H and O–H groups in total. The number of piperidine rings is 1. The number of pyridine rings is 1. The molecule has 8 nitrogen and oxygen atoms in total. The Hall–Kier alpha value is -5.21. The number of unbranched alkanes of at least 4 members (excludes halogenated alkanes) is 1. The molecule has 2 aromatic heterocycles. The minimum atomic E-state index is -0.120. The quantitative estimate of drug-likeness (QED) is 0.111. The molecule has 1 atom stereocenters. The van der Waals surface area contributed by atoms with Gasteiger partial charge in [0.2, 0.25) is 5.91 Å². The van der Waals surface area contributed by atoms with Crippen LogP contribution in [0.25, 0.3) is 32.7 Å². The lowest BCUT2D eigenvalue weighted by molar-refractivity contribution is -0.126. The molecule has 1 unspecified atom stereocenters. The van der Waals surface area contributed by atoms with Gasteiger partial charge in [-0.25, -0.2) is 0 Å². The number of hydrogen-bond donors (Lipinski definition) is 3. The molecule has 6 aromatic rings. The predicted octanol–water partition coefficient (Wildman–Crippen LogP) is 8.71. The normalized spacial score (nSPS) is 16.1. The number of aromatic nitrogens is 2. The molecule has 2 amide bonds. The fraction of sp³-hybridized carbons (Fsp3) is 0.356. The van der Waals surface area contributed by atoms with Crippen LogP contribution in [0, 0.1) is 5.92 Å². The van der Waals surface area contributed by atoms with E-state index in [2.05, 4.69) is 93.0 Å². The third-order valence-corrected chi connectivity index (χ3v) is 11.2. The van der Waals surface area contributed by atoms with Gasteiger partial charge in [0, 0.05) is 82.5 Å². The number of amides is 2. The molecule has 0 saturated carbocycles. The minimum Gasteiger partial charge on any atom is -0.384 e. The molecule has 1 aliphatic heterocycles. The second kappa shape index (κ2) is 15.8. The zero-order chi connectivity index (χ0) is 36.1. The van der Waals surface area contributed by atoms with E-state index in [0.29, 0.717) is 12.1 Å². The van der Waals surface area contributed by atoms with E-state index < -0.39 is 0 Å². The van der Waals surface area contributed by atoms with Crippen LogP contribution in [0.15, 0.2) is 91.0 Å². The van der Waals surface area contributed by atoms with Crippen LogP contribution in [0.3, 0.4) is 0 Å². The average molecular weight is 707 g/mol. The maximum Gasteiger partial charge on any atom is 0.255 e. The Kier molecular flexibility index (Phi) is 10.4. The summed E-state index contributed by atoms with van der Waals surface area (Å²) in [6.45, 7) is 7.13. The van der Waals surface area contributed by atoms with Crippen LogP contribution in [0.4, 0.5) is 11.4 Å². The van der Waals surface area contributed by atoms with Crippen molar-refractivity contribution in [3.63, 3.8) is 0 Å². The molecule has 8 heteroatoms. The number of nitrogens with one attached hydrogen (secondary N) is 3. The Morgan fingerprint density at radius 3 is 2.45 bits per heavy atom. The fourth-order valence-electron chi connectivity index (χ4n) is 8.50. The first-order valence-corrected chi connectivity index (χ1v) is 19.6. The number of hydrogen-bond acceptors (Lipinski definition) is 5. The van der Waals surface area contributed by atoms with Crippen molar-refractivity contribution in [2.45, 2.75) is 71.4 Å². The number of carbonyl (C=O) groups is 2. The van der Waals surface area contributed by atoms with Crippen LogP contribution in [-0.4, -0.2) is 52.4 Å². The van der Waals surface area contributed by atoms with E-state index in [0.717, 1.165) is 93.4 Å². The topological polar surface area (TPSA) is 91.3 Å². The number of likely N-dealkylation sites (tertiary alicyclic amines) is 1. The molecule has 1 aliphatic carbocycles. The molecule has 272 valence electrons. The molecular weight excluding hydrogens is 657 g/mol. The Bertz CT molecular complexity index is 2260. The van der Waals surface area contributed by atoms with Gasteiger partial charge < -0.3 is 20.5 Å². The summed E-state index contributed by atoms with van der Waals surface area (Å²) >= 11 is 0. The number of aryl methyl sites for hydroxylation is 2. The van der Waals surface area contributed by atoms with Crippen molar-refractivity contribution >= 4 is 55.9 Å². The monoisotopic (exact) mass is 706 g/mol. The molecule has 0 bridgehead atoms. The summed E-state index contributed by atoms with van der Waals surface area (Å²) in [5, 5.41) is 13.6. The third kappa shape index (κ3) is 7.51. The number of para-hydroxylation sites is 2. The summed E-state index contributed by atoms with van der Waals surface area (Å²) < 4.78 is 2.31. The highest BCUT2D eigenvalue weighted by atomic mass is 16.2. The maximum atomic E-state index is 13.2. The molecular formula is C45H50N6O2. The van der Waals surface area contributed by atoms with E-state index in [4.69, 9.17) is 4.98 Å². The molecule has 0 spiro atoms. The van der Waals surface area contributed by atoms with Crippen LogP contribution in [0.2, 0.25) is 0 Å². The van der Waals surface area contributed by atoms with E-state index in [1.54, 1.807) is 0 Å². The van der Waals surface area contributed by atoms with Gasteiger partial charge in [0.1, 0.15) is 0 Å². The van der Waals surface area contributed by atoms with E-state index in [9.17, 15) is 9.59 Å². The second-order valence-electron chi connectivity index (χ2n) is 14.8. The molecule has 8 rings (SSSR count). The van der Waals surface area contributed by atoms with Gasteiger partial charge in [-0.1, -0.05) is 48.5 Å². The van der Waals surface area contributed by atoms with Crippen LogP contribution >= 0.6 is 0 Å². The Balaban J connectivity index is 0.795. The lowest BCUT2D eigenvalue weighted by Crippen LogP contribution is -2.42. The first-order valence-electron chi connectivity index (χ1n) is 19.6. The Morgan fingerprint density at radius 2 is 1.58 bits per heavy atom. The van der Waals surface area contributed by atoms with Gasteiger partial charge >= 0.3 is 0 Å². The lowest BCUT2D eigenvalue weighted by Gasteiger charge is -2.32. The number of nitrogens with zero attached hydrogens (tertiary/aromatic N) is 3. The molecule has 3 heterocycles. The van der Waals surface area contributed by atoms with Crippen molar-refractivity contribution in [1.29, 1.82) is 0 Å². The zero-order valence-corrected chi connectivity index (χ0v) is 30.8. The average Bonchev–Trinajstić information content (AvgIpc) is 3.52. The Labute approximate surface area is 312 Å². The summed E-state index contributed by atoms with van der Waals surface area (Å²) in [6, 6.07) is 30.9. The smallest absolute Gasteiger partial charge is 0.255 e. The van der Waals surface area contributed by atoms with Crippen molar-refractivity contribution in [2.75, 3.05) is 36.8 Å². The van der Waals surface area contributed by atoms with E-state index in [1.165, 1.54) is 51.6 Å². The predicted molar refractivity (Wildman–Crippen MR) is 217 cm³/mol. The van der Waals surface area contributed by atoms with E-state index in [-0.39, 0.29) is 17.7 Å². The summed E-state index contributed by atoms with van der Waals surface area (Å²) in [7, 11) is 0. The maximum absolute atomic E-state index is 13.2. The molecule has 1 fully saturated rings. The SMILES string of the molecule is CCn1c2ccccc2c2cc(NC(=O)c3ccc(CN4CCCC(C(=O)NCCCCNc5c6c(nc7ccccc57)CCCC6)C4)cc3)ccc21. The summed E-state index contributed by atoms with van der Waals surface area (Å²) in [4.78, 5) is 33.7. The van der Waals surface area contributed by atoms with Gasteiger partial charge in [-0.05, 0) is 118 Å². The highest BCUT2D eigenvalue weighted by Crippen LogP contribution is 2.34. The summed E-state index contributed by atoms with van der Waals surface area (Å²) in [5.41, 5.74) is 9.93. The fourth-order valence-corrected chi connectivity index (χ4v) is 8.50. The molecule has 4 aromatic carbocycles. The van der Waals surface area contributed by atoms with E-state index in [1.807, 2.05) is 30.3 Å². The Morgan fingerprint density at radius 1 is 0.811 bits per heavy atom. The zero-order valence-electron chi connectivity index (χ0n) is 30.8. The molecule has 0 radical (unpaired) electrons. The largest absolute Gasteiger partial charge is 0.384 e. The van der Waals surface area contributed by atoms with Gasteiger partial charge in [0.25, 0.3) is 5.91 Å². The van der Waals surface area contributed by atoms with Gasteiger partial charge in [-0.2, -0.15) is 0 Å². The first-order chi connectivity index (χ1) is 26.1. The van der Waals surface area contributed by atoms with Crippen molar-refractivity contribution in [3.8, 4) is 0 Å². The van der Waals surface area contributed by atoms with Crippen molar-refractivity contribution in [1.82, 2.24) is 19.8 Å². The number of carbonyl (C=O) groups excluding carboxylic acids is 2. The second-order valence-corrected chi connectivity index (χ2v) is 14.8. The van der Waals surface area contributed by atoms with Crippen LogP contribution < -0.4 is 16.0 Å². The standard InChI is InChI=1S/C45H50N6O2/c1-2-51-41-18-8-5-13-35(41)38-28-34(23-24-42(38)51)48-45(53)32-21-19-31(20-22-32)29-50-27-11-12-33(30-50)44(52)47-26-10-9-25-46-43-36-14-3-6-16-39(36)49-40-17-7-4-15-37(40)43/h3,5-6,8,13-14,16,18-24,28,33H,2,4,7,9-12,15,17,25-27,29-30H2,1H3,(H,46,49)(H,47,52)(H,48,53). The lowest BCUT2D eigenvalue weighted by atomic mass is 9.92. The minimum absolute atomic E-state index is 0.00493. The van der Waals surface area contributed by atoms with Gasteiger partial charge in [-0.3, -0.25) is 19.5 Å². The summed E-state index contributed by atoms with van der Waals surface area (Å²) in [6.07, 6.45) is 8.47. The number of anilines is 2. The highest BCUT2D eigenvalue weighted by molar-refractivity contribution is 6.11. The van der Waals surface area contributed by atoms with Crippen LogP contribution in [-0.2, 0) is 30.7 Å². The number of benzene rings is 4. The number of rotatable bonds is 12. The molecule has 53 heavy (non-hydrogen) atoms. The highest BCUT2D eigenvalue weighted by Gasteiger charge is 2.26. The van der Waals surface area contributed by atoms with E-state index >= 15 is 0 Å². The van der Waals surface area contributed by atoms with Gasteiger partial charge in [0.05, 0.1) is 11.4 Å². The third-order valence-electron chi connectivity index (χ3n) is 11.2. The molecule has 2 aliphatic rings. The molecule has 1 saturated heterocycles. The van der Waals surface area contributed by atoms with Gasteiger partial charge in [-0.15, -0.1) is 0 Å². The van der Waals surface area contributed by atoms with Crippen molar-refractivity contribution < 1.29 is 9.59 Å². The summed E-state index contributed by atoms with van der Waals surface area (Å²) in [5.74, 6) is 0.0528. The van der Waals surface area contributed by atoms with Crippen LogP contribution in [0.5, 0.6) is 0 Å². The van der Waals surface area contributed by atoms with Gasteiger partial charge in [0.15, 0.2) is 0 Å². The van der Waals surface area contributed by atoms with Crippen molar-refractivity contribution in [3.05, 3.63) is 113 Å². The number of fused-ring (bicyclic) bond motifs is 5. The first kappa shape index (κ1) is 34.9.